The Balaban J connectivity index is 1.40. The Morgan fingerprint density at radius 3 is 2.40 bits per heavy atom. The van der Waals surface area contributed by atoms with Crippen LogP contribution >= 0.6 is 0 Å². The van der Waals surface area contributed by atoms with Gasteiger partial charge in [-0.15, -0.1) is 0 Å². The molecule has 0 bridgehead atoms. The second-order valence-corrected chi connectivity index (χ2v) is 18.2. The van der Waals surface area contributed by atoms with E-state index in [0.29, 0.717) is 11.1 Å². The van der Waals surface area contributed by atoms with Crippen LogP contribution in [0.3, 0.4) is 0 Å². The number of aromatic nitrogens is 1. The molecule has 0 amide bonds. The Hall–Kier alpha value is -2.88. The van der Waals surface area contributed by atoms with Crippen molar-refractivity contribution in [3.63, 3.8) is 0 Å². The largest absolute Gasteiger partial charge is 0.376 e. The lowest BCUT2D eigenvalue weighted by Crippen LogP contribution is -2.44. The van der Waals surface area contributed by atoms with Crippen molar-refractivity contribution in [3.8, 4) is 11.3 Å². The topological polar surface area (TPSA) is 14.2 Å². The second kappa shape index (κ2) is 10.5. The van der Waals surface area contributed by atoms with Crippen molar-refractivity contribution in [3.05, 3.63) is 101 Å². The third kappa shape index (κ3) is 4.71. The molecule has 2 nitrogen and oxygen atoms in total. The van der Waals surface area contributed by atoms with Gasteiger partial charge in [-0.2, -0.15) is 0 Å². The van der Waals surface area contributed by atoms with E-state index < -0.39 is 8.07 Å². The van der Waals surface area contributed by atoms with E-state index in [-0.39, 0.29) is 5.60 Å². The van der Waals surface area contributed by atoms with Crippen LogP contribution in [0.5, 0.6) is 0 Å². The lowest BCUT2D eigenvalue weighted by Gasteiger charge is -2.40. The molecule has 0 aliphatic heterocycles. The van der Waals surface area contributed by atoms with E-state index >= 15 is 0 Å². The molecule has 0 fully saturated rings. The van der Waals surface area contributed by atoms with E-state index in [1.807, 2.05) is 0 Å². The van der Waals surface area contributed by atoms with Gasteiger partial charge in [-0.1, -0.05) is 104 Å². The zero-order chi connectivity index (χ0) is 28.1. The third-order valence-corrected chi connectivity index (χ3v) is 14.8. The summed E-state index contributed by atoms with van der Waals surface area (Å²) in [5, 5.41) is 1.46. The van der Waals surface area contributed by atoms with Gasteiger partial charge in [0.05, 0.1) is 19.4 Å². The van der Waals surface area contributed by atoms with Crippen LogP contribution in [0.2, 0.25) is 12.6 Å². The van der Waals surface area contributed by atoms with Crippen LogP contribution in [0.4, 0.5) is 0 Å². The predicted octanol–water partition coefficient (Wildman–Crippen LogP) is 9.94. The summed E-state index contributed by atoms with van der Waals surface area (Å²) in [6.45, 7) is 12.3. The number of hydrogen-bond donors (Lipinski definition) is 0. The van der Waals surface area contributed by atoms with Crippen molar-refractivity contribution >= 4 is 25.1 Å². The molecule has 0 radical (unpaired) electrons. The number of ether oxygens (including phenoxy) is 1. The first-order valence-electron chi connectivity index (χ1n) is 15.3. The Morgan fingerprint density at radius 1 is 0.875 bits per heavy atom. The standard InChI is InChI=1S/C37H45NOSi/c1-26-19-21-32-31(25-26)34-35(38(32)5)29-17-11-12-18-30(29)36(34)40(6,24-14-8-7-13-23-39-37(2,3)4)33-22-20-27-15-9-10-16-28(27)33/h9-12,15-22,25,33,36H,7-8,13-14,23-24H2,1-6H3. The fourth-order valence-electron chi connectivity index (χ4n) is 7.65. The van der Waals surface area contributed by atoms with E-state index in [1.165, 1.54) is 58.6 Å². The minimum absolute atomic E-state index is 0.0436. The number of aryl methyl sites for hydroxylation is 2. The molecule has 6 rings (SSSR count). The highest BCUT2D eigenvalue weighted by molar-refractivity contribution is 6.83. The summed E-state index contributed by atoms with van der Waals surface area (Å²) in [7, 11) is 0.289. The van der Waals surface area contributed by atoms with Gasteiger partial charge in [-0.25, -0.2) is 0 Å². The van der Waals surface area contributed by atoms with Crippen LogP contribution in [0.25, 0.3) is 28.2 Å². The third-order valence-electron chi connectivity index (χ3n) is 9.52. The zero-order valence-corrected chi connectivity index (χ0v) is 26.3. The molecule has 2 aliphatic carbocycles. The molecule has 1 heterocycles. The zero-order valence-electron chi connectivity index (χ0n) is 25.3. The molecule has 3 unspecified atom stereocenters. The maximum Gasteiger partial charge on any atom is 0.0754 e. The molecule has 3 heteroatoms. The lowest BCUT2D eigenvalue weighted by atomic mass is 10.1. The van der Waals surface area contributed by atoms with Gasteiger partial charge < -0.3 is 9.30 Å². The number of nitrogens with zero attached hydrogens (tertiary/aromatic N) is 1. The molecule has 0 N–H and O–H groups in total. The first-order chi connectivity index (χ1) is 19.2. The smallest absolute Gasteiger partial charge is 0.0754 e. The lowest BCUT2D eigenvalue weighted by molar-refractivity contribution is -0.00471. The molecule has 4 aromatic rings. The van der Waals surface area contributed by atoms with E-state index in [9.17, 15) is 0 Å². The van der Waals surface area contributed by atoms with Crippen molar-refractivity contribution in [1.82, 2.24) is 4.57 Å². The molecule has 3 aromatic carbocycles. The van der Waals surface area contributed by atoms with Crippen molar-refractivity contribution in [1.29, 1.82) is 0 Å². The first kappa shape index (κ1) is 27.3. The van der Waals surface area contributed by atoms with Crippen LogP contribution in [0.1, 0.15) is 85.4 Å². The molecule has 0 saturated carbocycles. The fraction of sp³-hybridized carbons (Fsp3) is 0.405. The van der Waals surface area contributed by atoms with E-state index in [4.69, 9.17) is 4.74 Å². The minimum Gasteiger partial charge on any atom is -0.376 e. The van der Waals surface area contributed by atoms with Gasteiger partial charge in [0, 0.05) is 35.7 Å². The number of rotatable bonds is 9. The SMILES string of the molecule is Cc1ccc2c(c1)c1c(n2C)-c2ccccc2C1[Si](C)(CCCCCCOC(C)(C)C)C1C=Cc2ccccc21. The summed E-state index contributed by atoms with van der Waals surface area (Å²) in [6.07, 6.45) is 9.96. The summed E-state index contributed by atoms with van der Waals surface area (Å²) in [4.78, 5) is 0. The van der Waals surface area contributed by atoms with Gasteiger partial charge in [0.2, 0.25) is 0 Å². The predicted molar refractivity (Wildman–Crippen MR) is 174 cm³/mol. The summed E-state index contributed by atoms with van der Waals surface area (Å²) >= 11 is 0. The number of unbranched alkanes of at least 4 members (excludes halogenated alkanes) is 3. The van der Waals surface area contributed by atoms with E-state index in [0.717, 1.165) is 13.0 Å². The van der Waals surface area contributed by atoms with Crippen LogP contribution in [0, 0.1) is 6.92 Å². The summed E-state index contributed by atoms with van der Waals surface area (Å²) in [6, 6.07) is 26.9. The quantitative estimate of drug-likeness (QED) is 0.150. The maximum atomic E-state index is 6.01. The summed E-state index contributed by atoms with van der Waals surface area (Å²) in [5.74, 6) is 0. The Kier molecular flexibility index (Phi) is 7.17. The van der Waals surface area contributed by atoms with Crippen molar-refractivity contribution < 1.29 is 4.74 Å². The highest BCUT2D eigenvalue weighted by Gasteiger charge is 2.50. The molecule has 3 atom stereocenters. The molecule has 0 spiro atoms. The monoisotopic (exact) mass is 547 g/mol. The highest BCUT2D eigenvalue weighted by Crippen LogP contribution is 2.57. The van der Waals surface area contributed by atoms with Crippen LogP contribution in [-0.4, -0.2) is 24.8 Å². The Bertz CT molecular complexity index is 1570. The minimum atomic E-state index is -1.99. The summed E-state index contributed by atoms with van der Waals surface area (Å²) < 4.78 is 8.48. The summed E-state index contributed by atoms with van der Waals surface area (Å²) in [5.41, 5.74) is 12.7. The molecule has 0 saturated heterocycles. The Morgan fingerprint density at radius 2 is 1.60 bits per heavy atom. The van der Waals surface area contributed by atoms with Gasteiger partial charge in [0.25, 0.3) is 0 Å². The van der Waals surface area contributed by atoms with Gasteiger partial charge in [0.15, 0.2) is 0 Å². The number of fused-ring (bicyclic) bond motifs is 6. The fourth-order valence-corrected chi connectivity index (χ4v) is 13.0. The highest BCUT2D eigenvalue weighted by atomic mass is 28.3. The molecule has 2 aliphatic rings. The van der Waals surface area contributed by atoms with Crippen molar-refractivity contribution in [2.24, 2.45) is 7.05 Å². The van der Waals surface area contributed by atoms with Gasteiger partial charge in [-0.05, 0) is 74.0 Å². The van der Waals surface area contributed by atoms with Gasteiger partial charge >= 0.3 is 0 Å². The van der Waals surface area contributed by atoms with E-state index in [2.05, 4.69) is 125 Å². The Labute approximate surface area is 242 Å². The van der Waals surface area contributed by atoms with Crippen LogP contribution < -0.4 is 0 Å². The molecular weight excluding hydrogens is 502 g/mol. The number of allylic oxidation sites excluding steroid dienone is 1. The van der Waals surface area contributed by atoms with Crippen molar-refractivity contribution in [2.75, 3.05) is 6.61 Å². The normalized spacial score (nSPS) is 19.1. The average molecular weight is 548 g/mol. The van der Waals surface area contributed by atoms with Crippen LogP contribution in [-0.2, 0) is 11.8 Å². The van der Waals surface area contributed by atoms with Crippen LogP contribution in [0.15, 0.2) is 72.8 Å². The number of hydrogen-bond acceptors (Lipinski definition) is 1. The maximum absolute atomic E-state index is 6.01. The molecule has 208 valence electrons. The van der Waals surface area contributed by atoms with Gasteiger partial charge in [-0.3, -0.25) is 0 Å². The number of benzene rings is 3. The first-order valence-corrected chi connectivity index (χ1v) is 18.1. The van der Waals surface area contributed by atoms with Crippen molar-refractivity contribution in [2.45, 2.75) is 82.7 Å². The molecule has 40 heavy (non-hydrogen) atoms. The second-order valence-electron chi connectivity index (χ2n) is 13.5. The van der Waals surface area contributed by atoms with E-state index in [1.54, 1.807) is 16.7 Å². The molecule has 1 aromatic heterocycles. The average Bonchev–Trinajstić information content (AvgIpc) is 3.59. The van der Waals surface area contributed by atoms with Gasteiger partial charge in [0.1, 0.15) is 0 Å². The molecular formula is C37H45NOSi.